The molecule has 2 saturated heterocycles. The van der Waals surface area contributed by atoms with Crippen LogP contribution in [0.1, 0.15) is 32.3 Å². The van der Waals surface area contributed by atoms with Crippen LogP contribution in [0.3, 0.4) is 0 Å². The SMILES string of the molecule is CCCCN1C(=O)/C(=C/c2c(N3CCN(C(=O)OCC)CC3)nc3ccccn3c2=O)SC1=S. The number of rotatable bonds is 6. The third-order valence-electron chi connectivity index (χ3n) is 5.74. The Morgan fingerprint density at radius 1 is 1.21 bits per heavy atom. The lowest BCUT2D eigenvalue weighted by molar-refractivity contribution is -0.122. The Kier molecular flexibility index (Phi) is 7.52. The van der Waals surface area contributed by atoms with Gasteiger partial charge in [0.1, 0.15) is 15.8 Å². The van der Waals surface area contributed by atoms with Gasteiger partial charge in [-0.25, -0.2) is 9.78 Å². The second-order valence-corrected chi connectivity index (χ2v) is 9.62. The summed E-state index contributed by atoms with van der Waals surface area (Å²) in [6, 6.07) is 5.36. The normalized spacial score (nSPS) is 17.8. The van der Waals surface area contributed by atoms with Gasteiger partial charge in [-0.15, -0.1) is 0 Å². The van der Waals surface area contributed by atoms with E-state index in [1.54, 1.807) is 41.1 Å². The molecule has 2 fully saturated rings. The maximum atomic E-state index is 13.5. The minimum atomic E-state index is -0.343. The van der Waals surface area contributed by atoms with Gasteiger partial charge >= 0.3 is 6.09 Å². The van der Waals surface area contributed by atoms with Crippen molar-refractivity contribution in [2.45, 2.75) is 26.7 Å². The van der Waals surface area contributed by atoms with Gasteiger partial charge in [-0.2, -0.15) is 0 Å². The number of fused-ring (bicyclic) bond motifs is 1. The maximum Gasteiger partial charge on any atom is 0.409 e. The number of piperazine rings is 1. The van der Waals surface area contributed by atoms with Crippen molar-refractivity contribution in [3.8, 4) is 0 Å². The smallest absolute Gasteiger partial charge is 0.409 e. The summed E-state index contributed by atoms with van der Waals surface area (Å²) in [6.45, 7) is 6.61. The monoisotopic (exact) mass is 501 g/mol. The van der Waals surface area contributed by atoms with Crippen LogP contribution in [0.2, 0.25) is 0 Å². The first-order chi connectivity index (χ1) is 16.4. The molecule has 0 bridgehead atoms. The molecule has 2 aliphatic rings. The third-order valence-corrected chi connectivity index (χ3v) is 7.12. The number of pyridine rings is 1. The van der Waals surface area contributed by atoms with E-state index in [9.17, 15) is 14.4 Å². The van der Waals surface area contributed by atoms with Crippen molar-refractivity contribution >= 4 is 57.8 Å². The summed E-state index contributed by atoms with van der Waals surface area (Å²) >= 11 is 6.63. The Morgan fingerprint density at radius 2 is 1.97 bits per heavy atom. The predicted molar refractivity (Wildman–Crippen MR) is 137 cm³/mol. The first kappa shape index (κ1) is 24.2. The van der Waals surface area contributed by atoms with Gasteiger partial charge in [0.15, 0.2) is 0 Å². The van der Waals surface area contributed by atoms with Gasteiger partial charge in [-0.1, -0.05) is 43.4 Å². The molecule has 11 heteroatoms. The van der Waals surface area contributed by atoms with E-state index in [0.29, 0.717) is 65.6 Å². The van der Waals surface area contributed by atoms with E-state index < -0.39 is 0 Å². The Balaban J connectivity index is 1.70. The number of carbonyl (C=O) groups excluding carboxylic acids is 2. The second-order valence-electron chi connectivity index (χ2n) is 7.94. The van der Waals surface area contributed by atoms with Crippen LogP contribution in [-0.2, 0) is 9.53 Å². The van der Waals surface area contributed by atoms with Crippen LogP contribution < -0.4 is 10.5 Å². The highest BCUT2D eigenvalue weighted by atomic mass is 32.2. The quantitative estimate of drug-likeness (QED) is 0.441. The molecule has 0 unspecified atom stereocenters. The molecule has 4 rings (SSSR count). The Bertz CT molecular complexity index is 1200. The number of anilines is 1. The minimum absolute atomic E-state index is 0.181. The first-order valence-electron chi connectivity index (χ1n) is 11.4. The largest absolute Gasteiger partial charge is 0.450 e. The van der Waals surface area contributed by atoms with Crippen LogP contribution in [0.4, 0.5) is 10.6 Å². The van der Waals surface area contributed by atoms with Crippen molar-refractivity contribution in [2.24, 2.45) is 0 Å². The number of unbranched alkanes of at least 4 members (excludes halogenated alkanes) is 1. The lowest BCUT2D eigenvalue weighted by Crippen LogP contribution is -2.49. The zero-order valence-electron chi connectivity index (χ0n) is 19.2. The molecule has 0 spiro atoms. The highest BCUT2D eigenvalue weighted by molar-refractivity contribution is 8.26. The standard InChI is InChI=1S/C23H27N5O4S2/c1-3-5-9-28-21(30)17(34-23(28)33)15-16-19(24-18-8-6-7-10-27(18)20(16)29)25-11-13-26(14-12-25)22(31)32-4-2/h6-8,10,15H,3-5,9,11-14H2,1-2H3/b17-15-. The van der Waals surface area contributed by atoms with Gasteiger partial charge in [-0.05, 0) is 31.6 Å². The van der Waals surface area contributed by atoms with Crippen LogP contribution >= 0.6 is 24.0 Å². The molecule has 0 aromatic carbocycles. The van der Waals surface area contributed by atoms with Crippen LogP contribution in [-0.4, -0.2) is 74.8 Å². The van der Waals surface area contributed by atoms with Gasteiger partial charge in [0.25, 0.3) is 11.5 Å². The summed E-state index contributed by atoms with van der Waals surface area (Å²) in [7, 11) is 0. The number of aromatic nitrogens is 2. The summed E-state index contributed by atoms with van der Waals surface area (Å²) in [5.41, 5.74) is 0.597. The number of hydrogen-bond acceptors (Lipinski definition) is 8. The van der Waals surface area contributed by atoms with E-state index >= 15 is 0 Å². The summed E-state index contributed by atoms with van der Waals surface area (Å²) in [4.78, 5) is 49.0. The molecular weight excluding hydrogens is 474 g/mol. The Labute approximate surface area is 207 Å². The zero-order valence-corrected chi connectivity index (χ0v) is 20.9. The molecule has 2 aromatic rings. The van der Waals surface area contributed by atoms with Crippen molar-refractivity contribution in [2.75, 3.05) is 44.2 Å². The van der Waals surface area contributed by atoms with E-state index in [1.807, 2.05) is 11.0 Å². The predicted octanol–water partition coefficient (Wildman–Crippen LogP) is 2.97. The molecule has 34 heavy (non-hydrogen) atoms. The molecule has 2 amide bonds. The third kappa shape index (κ3) is 4.80. The number of thiocarbonyl (C=S) groups is 1. The van der Waals surface area contributed by atoms with Crippen molar-refractivity contribution in [1.82, 2.24) is 19.2 Å². The van der Waals surface area contributed by atoms with E-state index in [-0.39, 0.29) is 17.6 Å². The molecule has 180 valence electrons. The molecule has 2 aromatic heterocycles. The molecule has 0 saturated carbocycles. The van der Waals surface area contributed by atoms with E-state index in [4.69, 9.17) is 21.9 Å². The highest BCUT2D eigenvalue weighted by Gasteiger charge is 2.33. The molecular formula is C23H27N5O4S2. The average Bonchev–Trinajstić information content (AvgIpc) is 3.11. The van der Waals surface area contributed by atoms with E-state index in [1.165, 1.54) is 16.2 Å². The van der Waals surface area contributed by atoms with Gasteiger partial charge in [0.2, 0.25) is 0 Å². The minimum Gasteiger partial charge on any atom is -0.450 e. The van der Waals surface area contributed by atoms with E-state index in [2.05, 4.69) is 6.92 Å². The fraction of sp³-hybridized carbons (Fsp3) is 0.435. The zero-order chi connectivity index (χ0) is 24.2. The van der Waals surface area contributed by atoms with Gasteiger partial charge in [-0.3, -0.25) is 18.9 Å². The van der Waals surface area contributed by atoms with Crippen molar-refractivity contribution in [3.05, 3.63) is 45.2 Å². The number of amides is 2. The molecule has 9 nitrogen and oxygen atoms in total. The molecule has 0 aliphatic carbocycles. The van der Waals surface area contributed by atoms with Crippen LogP contribution in [0.25, 0.3) is 11.7 Å². The second kappa shape index (κ2) is 10.6. The highest BCUT2D eigenvalue weighted by Crippen LogP contribution is 2.33. The molecule has 0 N–H and O–H groups in total. The van der Waals surface area contributed by atoms with E-state index in [0.717, 1.165) is 12.8 Å². The summed E-state index contributed by atoms with van der Waals surface area (Å²) < 4.78 is 7.08. The lowest BCUT2D eigenvalue weighted by atomic mass is 10.2. The summed E-state index contributed by atoms with van der Waals surface area (Å²) in [5, 5.41) is 0. The van der Waals surface area contributed by atoms with Gasteiger partial charge in [0.05, 0.1) is 17.1 Å². The number of nitrogens with zero attached hydrogens (tertiary/aromatic N) is 5. The fourth-order valence-electron chi connectivity index (χ4n) is 3.91. The molecule has 0 radical (unpaired) electrons. The first-order valence-corrected chi connectivity index (χ1v) is 12.6. The van der Waals surface area contributed by atoms with Gasteiger partial charge < -0.3 is 14.5 Å². The molecule has 4 heterocycles. The number of ether oxygens (including phenoxy) is 1. The van der Waals surface area contributed by atoms with Crippen molar-refractivity contribution in [1.29, 1.82) is 0 Å². The maximum absolute atomic E-state index is 13.5. The van der Waals surface area contributed by atoms with Crippen LogP contribution in [0, 0.1) is 0 Å². The average molecular weight is 502 g/mol. The Hall–Kier alpha value is -2.92. The summed E-state index contributed by atoms with van der Waals surface area (Å²) in [5.74, 6) is 0.317. The topological polar surface area (TPSA) is 87.5 Å². The van der Waals surface area contributed by atoms with Crippen LogP contribution in [0.5, 0.6) is 0 Å². The lowest BCUT2D eigenvalue weighted by Gasteiger charge is -2.35. The molecule has 2 aliphatic heterocycles. The number of carbonyl (C=O) groups is 2. The van der Waals surface area contributed by atoms with Crippen LogP contribution in [0.15, 0.2) is 34.1 Å². The molecule has 0 atom stereocenters. The van der Waals surface area contributed by atoms with Gasteiger partial charge in [0, 0.05) is 38.9 Å². The van der Waals surface area contributed by atoms with Crippen molar-refractivity contribution in [3.63, 3.8) is 0 Å². The van der Waals surface area contributed by atoms with Crippen molar-refractivity contribution < 1.29 is 14.3 Å². The fourth-order valence-corrected chi connectivity index (χ4v) is 5.20. The summed E-state index contributed by atoms with van der Waals surface area (Å²) in [6.07, 6.45) is 4.75. The number of hydrogen-bond donors (Lipinski definition) is 0. The number of thioether (sulfide) groups is 1. The Morgan fingerprint density at radius 3 is 2.68 bits per heavy atom.